The monoisotopic (exact) mass is 420 g/mol. The summed E-state index contributed by atoms with van der Waals surface area (Å²) >= 11 is 12.0. The summed E-state index contributed by atoms with van der Waals surface area (Å²) < 4.78 is 0. The van der Waals surface area contributed by atoms with Crippen LogP contribution in [0.4, 0.5) is 0 Å². The lowest BCUT2D eigenvalue weighted by Gasteiger charge is -2.07. The first-order chi connectivity index (χ1) is 14.0. The van der Waals surface area contributed by atoms with Crippen molar-refractivity contribution in [1.29, 1.82) is 0 Å². The van der Waals surface area contributed by atoms with Crippen molar-refractivity contribution in [3.63, 3.8) is 0 Å². The van der Waals surface area contributed by atoms with E-state index in [0.29, 0.717) is 26.7 Å². The lowest BCUT2D eigenvalue weighted by molar-refractivity contribution is 0.0764. The van der Waals surface area contributed by atoms with Crippen LogP contribution in [0.1, 0.15) is 42.6 Å². The minimum absolute atomic E-state index is 0.226. The molecule has 5 rings (SSSR count). The molecule has 0 amide bonds. The molecule has 1 fully saturated rings. The van der Waals surface area contributed by atoms with Gasteiger partial charge in [0.05, 0.1) is 5.92 Å². The number of fused-ring (bicyclic) bond motifs is 1. The van der Waals surface area contributed by atoms with Crippen molar-refractivity contribution < 1.29 is 14.4 Å². The molecule has 0 aliphatic heterocycles. The van der Waals surface area contributed by atoms with E-state index >= 15 is 0 Å². The summed E-state index contributed by atoms with van der Waals surface area (Å²) in [7, 11) is 0. The topological polar surface area (TPSA) is 51.2 Å². The van der Waals surface area contributed by atoms with Gasteiger partial charge in [-0.2, -0.15) is 0 Å². The molecular formula is C24H14Cl2O3. The molecule has 2 aliphatic carbocycles. The highest BCUT2D eigenvalue weighted by Gasteiger charge is 2.78. The fraction of sp³-hybridized carbons (Fsp3) is 0.125. The average molecular weight is 421 g/mol. The van der Waals surface area contributed by atoms with Crippen LogP contribution in [0.3, 0.4) is 0 Å². The van der Waals surface area contributed by atoms with Crippen LogP contribution in [0.5, 0.6) is 0 Å². The Morgan fingerprint density at radius 2 is 1.21 bits per heavy atom. The number of ketones is 3. The third-order valence-corrected chi connectivity index (χ3v) is 6.52. The van der Waals surface area contributed by atoms with Gasteiger partial charge in [0.1, 0.15) is 5.41 Å². The Hall–Kier alpha value is -2.75. The van der Waals surface area contributed by atoms with E-state index in [4.69, 9.17) is 23.2 Å². The number of halogens is 2. The smallest absolute Gasteiger partial charge is 0.178 e. The predicted octanol–water partition coefficient (Wildman–Crippen LogP) is 5.66. The first-order valence-electron chi connectivity index (χ1n) is 9.20. The number of hydrogen-bond donors (Lipinski definition) is 0. The van der Waals surface area contributed by atoms with Crippen LogP contribution in [0.25, 0.3) is 0 Å². The Morgan fingerprint density at radius 1 is 0.724 bits per heavy atom. The minimum Gasteiger partial charge on any atom is -0.294 e. The Kier molecular flexibility index (Phi) is 4.02. The molecule has 0 unspecified atom stereocenters. The van der Waals surface area contributed by atoms with Crippen molar-refractivity contribution in [3.05, 3.63) is 105 Å². The van der Waals surface area contributed by atoms with Gasteiger partial charge in [0.15, 0.2) is 17.3 Å². The van der Waals surface area contributed by atoms with Gasteiger partial charge >= 0.3 is 0 Å². The second kappa shape index (κ2) is 6.38. The van der Waals surface area contributed by atoms with E-state index in [2.05, 4.69) is 0 Å². The fourth-order valence-electron chi connectivity index (χ4n) is 4.66. The van der Waals surface area contributed by atoms with Gasteiger partial charge in [-0.3, -0.25) is 14.4 Å². The second-order valence-electron chi connectivity index (χ2n) is 7.45. The van der Waals surface area contributed by atoms with Gasteiger partial charge in [-0.1, -0.05) is 59.6 Å². The molecule has 3 aromatic rings. The molecule has 3 nitrogen and oxygen atoms in total. The maximum Gasteiger partial charge on any atom is 0.178 e. The van der Waals surface area contributed by atoms with Gasteiger partial charge in [0.2, 0.25) is 0 Å². The summed E-state index contributed by atoms with van der Waals surface area (Å²) in [6, 6.07) is 20.3. The Balaban J connectivity index is 1.65. The summed E-state index contributed by atoms with van der Waals surface area (Å²) in [6.45, 7) is 0. The molecule has 5 heteroatoms. The highest BCUT2D eigenvalue weighted by molar-refractivity contribution is 6.35. The molecule has 0 saturated heterocycles. The Bertz CT molecular complexity index is 1140. The minimum atomic E-state index is -1.38. The number of rotatable bonds is 3. The van der Waals surface area contributed by atoms with E-state index in [-0.39, 0.29) is 17.3 Å². The molecule has 2 atom stereocenters. The quantitative estimate of drug-likeness (QED) is 0.405. The number of carbonyl (C=O) groups excluding carboxylic acids is 3. The zero-order valence-corrected chi connectivity index (χ0v) is 16.6. The molecule has 0 aromatic heterocycles. The third-order valence-electron chi connectivity index (χ3n) is 6.01. The summed E-state index contributed by atoms with van der Waals surface area (Å²) in [5, 5.41) is 1.07. The van der Waals surface area contributed by atoms with Gasteiger partial charge in [-0.15, -0.1) is 0 Å². The molecule has 2 aliphatic rings. The van der Waals surface area contributed by atoms with Crippen molar-refractivity contribution in [2.75, 3.05) is 0 Å². The van der Waals surface area contributed by atoms with Gasteiger partial charge in [0, 0.05) is 32.7 Å². The van der Waals surface area contributed by atoms with Crippen LogP contribution in [0.15, 0.2) is 72.8 Å². The van der Waals surface area contributed by atoms with Crippen LogP contribution >= 0.6 is 23.2 Å². The zero-order valence-electron chi connectivity index (χ0n) is 15.1. The SMILES string of the molecule is O=C(c1ccc(Cl)cc1)[C@@H]1[C@@H](c2ccc(Cl)cc2)C12C(=O)c1ccccc1C2=O. The summed E-state index contributed by atoms with van der Waals surface area (Å²) in [5.41, 5.74) is 0.600. The van der Waals surface area contributed by atoms with Gasteiger partial charge in [-0.25, -0.2) is 0 Å². The van der Waals surface area contributed by atoms with E-state index in [9.17, 15) is 14.4 Å². The van der Waals surface area contributed by atoms with Gasteiger partial charge in [-0.05, 0) is 42.0 Å². The standard InChI is InChI=1S/C24H14Cl2O3/c25-15-9-5-13(6-10-15)19-20(21(27)14-7-11-16(26)12-8-14)24(19)22(28)17-3-1-2-4-18(17)23(24)29/h1-12,19-20H/t19-,20+/m1/s1. The number of benzene rings is 3. The molecule has 0 N–H and O–H groups in total. The van der Waals surface area contributed by atoms with E-state index in [1.165, 1.54) is 0 Å². The van der Waals surface area contributed by atoms with Crippen LogP contribution in [-0.4, -0.2) is 17.3 Å². The van der Waals surface area contributed by atoms with Crippen molar-refractivity contribution in [3.8, 4) is 0 Å². The van der Waals surface area contributed by atoms with E-state index in [1.54, 1.807) is 72.8 Å². The van der Waals surface area contributed by atoms with Crippen LogP contribution in [0.2, 0.25) is 10.0 Å². The molecule has 1 spiro atoms. The van der Waals surface area contributed by atoms with Crippen LogP contribution in [-0.2, 0) is 0 Å². The highest BCUT2D eigenvalue weighted by Crippen LogP contribution is 2.70. The largest absolute Gasteiger partial charge is 0.294 e. The van der Waals surface area contributed by atoms with Gasteiger partial charge in [0.25, 0.3) is 0 Å². The molecule has 29 heavy (non-hydrogen) atoms. The molecule has 3 aromatic carbocycles. The first kappa shape index (κ1) is 18.3. The number of Topliss-reactive ketones (excluding diaryl/α,β-unsaturated/α-hetero) is 3. The van der Waals surface area contributed by atoms with Crippen molar-refractivity contribution in [2.24, 2.45) is 11.3 Å². The van der Waals surface area contributed by atoms with Crippen LogP contribution < -0.4 is 0 Å². The van der Waals surface area contributed by atoms with E-state index in [0.717, 1.165) is 5.56 Å². The lowest BCUT2D eigenvalue weighted by atomic mass is 9.91. The first-order valence-corrected chi connectivity index (χ1v) is 9.95. The van der Waals surface area contributed by atoms with Gasteiger partial charge < -0.3 is 0 Å². The van der Waals surface area contributed by atoms with Crippen molar-refractivity contribution >= 4 is 40.6 Å². The van der Waals surface area contributed by atoms with Crippen molar-refractivity contribution in [1.82, 2.24) is 0 Å². The summed E-state index contributed by atoms with van der Waals surface area (Å²) in [5.74, 6) is -2.04. The normalized spacial score (nSPS) is 21.3. The Morgan fingerprint density at radius 3 is 1.72 bits per heavy atom. The zero-order chi connectivity index (χ0) is 20.3. The molecule has 0 heterocycles. The average Bonchev–Trinajstić information content (AvgIpc) is 3.38. The maximum atomic E-state index is 13.4. The van der Waals surface area contributed by atoms with Crippen LogP contribution in [0, 0.1) is 11.3 Å². The molecular weight excluding hydrogens is 407 g/mol. The number of carbonyl (C=O) groups is 3. The van der Waals surface area contributed by atoms with Crippen molar-refractivity contribution in [2.45, 2.75) is 5.92 Å². The third kappa shape index (κ3) is 2.48. The van der Waals surface area contributed by atoms with E-state index < -0.39 is 17.3 Å². The summed E-state index contributed by atoms with van der Waals surface area (Å²) in [6.07, 6.45) is 0. The molecule has 142 valence electrons. The molecule has 0 radical (unpaired) electrons. The molecule has 1 saturated carbocycles. The number of hydrogen-bond acceptors (Lipinski definition) is 3. The lowest BCUT2D eigenvalue weighted by Crippen LogP contribution is -2.23. The van der Waals surface area contributed by atoms with E-state index in [1.807, 2.05) is 0 Å². The maximum absolute atomic E-state index is 13.4. The predicted molar refractivity (Wildman–Crippen MR) is 111 cm³/mol. The second-order valence-corrected chi connectivity index (χ2v) is 8.32. The molecule has 0 bridgehead atoms. The highest BCUT2D eigenvalue weighted by atomic mass is 35.5. The Labute approximate surface area is 177 Å². The summed E-state index contributed by atoms with van der Waals surface area (Å²) in [4.78, 5) is 40.2. The fourth-order valence-corrected chi connectivity index (χ4v) is 4.91.